The quantitative estimate of drug-likeness (QED) is 0.646. The molecule has 1 N–H and O–H groups in total. The summed E-state index contributed by atoms with van der Waals surface area (Å²) in [4.78, 5) is 33.9. The molecule has 0 saturated heterocycles. The number of amides is 1. The fraction of sp³-hybridized carbons (Fsp3) is 0.214. The predicted octanol–water partition coefficient (Wildman–Crippen LogP) is 1.16. The summed E-state index contributed by atoms with van der Waals surface area (Å²) < 4.78 is 1.70. The van der Waals surface area contributed by atoms with E-state index in [0.717, 1.165) is 17.2 Å². The summed E-state index contributed by atoms with van der Waals surface area (Å²) in [6.07, 6.45) is 2.25. The van der Waals surface area contributed by atoms with Crippen molar-refractivity contribution in [2.24, 2.45) is 0 Å². The van der Waals surface area contributed by atoms with E-state index in [-0.39, 0.29) is 24.7 Å². The van der Waals surface area contributed by atoms with Gasteiger partial charge in [-0.25, -0.2) is 0 Å². The molecule has 5 nitrogen and oxygen atoms in total. The highest BCUT2D eigenvalue weighted by molar-refractivity contribution is 6.00. The molecule has 5 heteroatoms. The molecule has 0 atom stereocenters. The maximum absolute atomic E-state index is 11.8. The topological polar surface area (TPSA) is 68.2 Å². The number of hydrogen-bond donors (Lipinski definition) is 1. The molecule has 1 aromatic carbocycles. The van der Waals surface area contributed by atoms with Crippen LogP contribution >= 0.6 is 0 Å². The first-order valence-corrected chi connectivity index (χ1v) is 5.91. The van der Waals surface area contributed by atoms with Crippen LogP contribution in [0.3, 0.4) is 0 Å². The number of para-hydroxylation sites is 1. The highest BCUT2D eigenvalue weighted by Crippen LogP contribution is 2.19. The monoisotopic (exact) mass is 258 g/mol. The summed E-state index contributed by atoms with van der Waals surface area (Å²) in [7, 11) is 1.49. The van der Waals surface area contributed by atoms with E-state index in [0.29, 0.717) is 5.56 Å². The first-order chi connectivity index (χ1) is 9.15. The third-order valence-electron chi connectivity index (χ3n) is 2.93. The van der Waals surface area contributed by atoms with Gasteiger partial charge in [0.2, 0.25) is 5.91 Å². The number of hydrogen-bond acceptors (Lipinski definition) is 3. The molecule has 0 aliphatic heterocycles. The molecule has 1 heterocycles. The van der Waals surface area contributed by atoms with E-state index in [4.69, 9.17) is 0 Å². The van der Waals surface area contributed by atoms with Crippen LogP contribution in [0.1, 0.15) is 16.8 Å². The van der Waals surface area contributed by atoms with E-state index in [1.54, 1.807) is 10.8 Å². The zero-order valence-electron chi connectivity index (χ0n) is 10.6. The van der Waals surface area contributed by atoms with Gasteiger partial charge in [-0.2, -0.15) is 0 Å². The third kappa shape index (κ3) is 2.70. The molecule has 0 fully saturated rings. The Morgan fingerprint density at radius 2 is 2.05 bits per heavy atom. The number of aldehydes is 1. The Balaban J connectivity index is 2.28. The second-order valence-electron chi connectivity index (χ2n) is 4.24. The molecule has 2 rings (SSSR count). The van der Waals surface area contributed by atoms with E-state index in [9.17, 15) is 14.4 Å². The Morgan fingerprint density at radius 3 is 2.74 bits per heavy atom. The van der Waals surface area contributed by atoms with Crippen LogP contribution < -0.4 is 5.32 Å². The van der Waals surface area contributed by atoms with E-state index in [1.165, 1.54) is 7.05 Å². The average molecular weight is 258 g/mol. The lowest BCUT2D eigenvalue weighted by atomic mass is 10.2. The molecule has 1 amide bonds. The largest absolute Gasteiger partial charge is 0.359 e. The van der Waals surface area contributed by atoms with Gasteiger partial charge in [0, 0.05) is 29.7 Å². The van der Waals surface area contributed by atoms with Gasteiger partial charge in [-0.15, -0.1) is 0 Å². The van der Waals surface area contributed by atoms with Gasteiger partial charge in [0.05, 0.1) is 13.0 Å². The van der Waals surface area contributed by atoms with Crippen molar-refractivity contribution in [3.63, 3.8) is 0 Å². The minimum absolute atomic E-state index is 0.0851. The van der Waals surface area contributed by atoms with Crippen molar-refractivity contribution in [3.8, 4) is 0 Å². The van der Waals surface area contributed by atoms with Crippen molar-refractivity contribution >= 4 is 28.9 Å². The molecule has 2 aromatic rings. The van der Waals surface area contributed by atoms with Crippen molar-refractivity contribution < 1.29 is 14.4 Å². The second-order valence-corrected chi connectivity index (χ2v) is 4.24. The van der Waals surface area contributed by atoms with Crippen molar-refractivity contribution in [2.45, 2.75) is 13.0 Å². The minimum Gasteiger partial charge on any atom is -0.359 e. The summed E-state index contributed by atoms with van der Waals surface area (Å²) in [6.45, 7) is 0.0851. The maximum atomic E-state index is 11.8. The third-order valence-corrected chi connectivity index (χ3v) is 2.93. The lowest BCUT2D eigenvalue weighted by molar-refractivity contribution is -0.128. The van der Waals surface area contributed by atoms with E-state index in [1.807, 2.05) is 24.3 Å². The fourth-order valence-corrected chi connectivity index (χ4v) is 2.01. The number of ketones is 1. The highest BCUT2D eigenvalue weighted by Gasteiger charge is 2.12. The number of carbonyl (C=O) groups is 3. The smallest absolute Gasteiger partial charge is 0.227 e. The van der Waals surface area contributed by atoms with Crippen LogP contribution in [0.15, 0.2) is 30.5 Å². The number of Topliss-reactive ketones (excluding diaryl/α,β-unsaturated/α-hetero) is 1. The Bertz CT molecular complexity index is 643. The van der Waals surface area contributed by atoms with E-state index < -0.39 is 0 Å². The van der Waals surface area contributed by atoms with Crippen molar-refractivity contribution in [1.82, 2.24) is 9.88 Å². The summed E-state index contributed by atoms with van der Waals surface area (Å²) in [5.74, 6) is -0.505. The number of fused-ring (bicyclic) bond motifs is 1. The fourth-order valence-electron chi connectivity index (χ4n) is 2.01. The Labute approximate surface area is 110 Å². The van der Waals surface area contributed by atoms with Crippen LogP contribution in [-0.2, 0) is 16.1 Å². The van der Waals surface area contributed by atoms with Crippen LogP contribution in [0.4, 0.5) is 0 Å². The molecule has 0 bridgehead atoms. The number of nitrogens with one attached hydrogen (secondary N) is 1. The molecule has 98 valence electrons. The van der Waals surface area contributed by atoms with Gasteiger partial charge in [0.15, 0.2) is 12.1 Å². The van der Waals surface area contributed by atoms with Crippen LogP contribution in [0, 0.1) is 0 Å². The normalized spacial score (nSPS) is 10.4. The summed E-state index contributed by atoms with van der Waals surface area (Å²) in [5, 5.41) is 3.22. The van der Waals surface area contributed by atoms with E-state index >= 15 is 0 Å². The number of rotatable bonds is 5. The first-order valence-electron chi connectivity index (χ1n) is 5.91. The zero-order valence-corrected chi connectivity index (χ0v) is 10.6. The van der Waals surface area contributed by atoms with Gasteiger partial charge < -0.3 is 9.88 Å². The van der Waals surface area contributed by atoms with Crippen LogP contribution in [-0.4, -0.2) is 29.6 Å². The summed E-state index contributed by atoms with van der Waals surface area (Å²) in [6, 6.07) is 7.36. The van der Waals surface area contributed by atoms with Gasteiger partial charge in [-0.3, -0.25) is 14.4 Å². The van der Waals surface area contributed by atoms with Crippen molar-refractivity contribution in [2.75, 3.05) is 7.05 Å². The molecule has 0 radical (unpaired) electrons. The number of aromatic nitrogens is 1. The number of nitrogens with zero attached hydrogens (tertiary/aromatic N) is 1. The van der Waals surface area contributed by atoms with Gasteiger partial charge in [0.1, 0.15) is 0 Å². The Hall–Kier alpha value is -2.43. The molecular formula is C14H14N2O3. The van der Waals surface area contributed by atoms with Crippen LogP contribution in [0.5, 0.6) is 0 Å². The molecule has 19 heavy (non-hydrogen) atoms. The van der Waals surface area contributed by atoms with Crippen molar-refractivity contribution in [1.29, 1.82) is 0 Å². The van der Waals surface area contributed by atoms with E-state index in [2.05, 4.69) is 5.32 Å². The second kappa shape index (κ2) is 5.48. The highest BCUT2D eigenvalue weighted by atomic mass is 16.2. The molecular weight excluding hydrogens is 244 g/mol. The summed E-state index contributed by atoms with van der Waals surface area (Å²) >= 11 is 0. The summed E-state index contributed by atoms with van der Waals surface area (Å²) in [5.41, 5.74) is 1.36. The molecule has 0 unspecified atom stereocenters. The number of carbonyl (C=O) groups excluding carboxylic acids is 3. The van der Waals surface area contributed by atoms with Crippen molar-refractivity contribution in [3.05, 3.63) is 36.0 Å². The zero-order chi connectivity index (χ0) is 13.8. The lowest BCUT2D eigenvalue weighted by Crippen LogP contribution is -2.23. The Kier molecular flexibility index (Phi) is 3.75. The molecule has 1 aromatic heterocycles. The van der Waals surface area contributed by atoms with Crippen LogP contribution in [0.2, 0.25) is 0 Å². The number of benzene rings is 1. The average Bonchev–Trinajstić information content (AvgIpc) is 2.77. The Morgan fingerprint density at radius 1 is 1.32 bits per heavy atom. The standard InChI is InChI=1S/C14H14N2O3/c1-15-14(19)6-11(18)8-16-7-10(9-17)12-4-2-3-5-13(12)16/h2-5,7,9H,6,8H2,1H3,(H,15,19). The molecule has 0 saturated carbocycles. The van der Waals surface area contributed by atoms with Gasteiger partial charge in [-0.05, 0) is 6.07 Å². The maximum Gasteiger partial charge on any atom is 0.227 e. The minimum atomic E-state index is -0.308. The van der Waals surface area contributed by atoms with Crippen LogP contribution in [0.25, 0.3) is 10.9 Å². The first kappa shape index (κ1) is 13.0. The van der Waals surface area contributed by atoms with Gasteiger partial charge in [-0.1, -0.05) is 18.2 Å². The van der Waals surface area contributed by atoms with Gasteiger partial charge >= 0.3 is 0 Å². The van der Waals surface area contributed by atoms with Gasteiger partial charge in [0.25, 0.3) is 0 Å². The SMILES string of the molecule is CNC(=O)CC(=O)Cn1cc(C=O)c2ccccc21. The lowest BCUT2D eigenvalue weighted by Gasteiger charge is -2.04. The molecule has 0 spiro atoms. The predicted molar refractivity (Wildman–Crippen MR) is 71.0 cm³/mol. The molecule has 0 aliphatic rings. The molecule has 0 aliphatic carbocycles.